The molecule has 148 valence electrons. The van der Waals surface area contributed by atoms with E-state index in [-0.39, 0.29) is 29.4 Å². The lowest BCUT2D eigenvalue weighted by molar-refractivity contribution is -0.384. The van der Waals surface area contributed by atoms with Crippen LogP contribution < -0.4 is 4.90 Å². The molecule has 1 aliphatic rings. The first-order chi connectivity index (χ1) is 13.5. The Hall–Kier alpha value is -3.36. The van der Waals surface area contributed by atoms with Crippen molar-refractivity contribution in [3.63, 3.8) is 0 Å². The lowest BCUT2D eigenvalue weighted by atomic mass is 10.1. The van der Waals surface area contributed by atoms with Crippen LogP contribution in [0.15, 0.2) is 34.7 Å². The van der Waals surface area contributed by atoms with Crippen molar-refractivity contribution in [3.8, 4) is 0 Å². The maximum absolute atomic E-state index is 12.6. The fourth-order valence-corrected chi connectivity index (χ4v) is 3.09. The molecule has 1 fully saturated rings. The lowest BCUT2D eigenvalue weighted by Crippen LogP contribution is -2.31. The number of carbonyl (C=O) groups is 2. The molecule has 0 amide bonds. The highest BCUT2D eigenvalue weighted by molar-refractivity contribution is 5.96. The van der Waals surface area contributed by atoms with Crippen molar-refractivity contribution in [2.75, 3.05) is 25.1 Å². The van der Waals surface area contributed by atoms with Crippen LogP contribution in [0.2, 0.25) is 0 Å². The molecule has 3 rings (SSSR count). The Kier molecular flexibility index (Phi) is 5.93. The Labute approximate surface area is 161 Å². The summed E-state index contributed by atoms with van der Waals surface area (Å²) in [4.78, 5) is 36.7. The van der Waals surface area contributed by atoms with E-state index in [4.69, 9.17) is 9.15 Å². The zero-order valence-corrected chi connectivity index (χ0v) is 15.4. The van der Waals surface area contributed by atoms with E-state index < -0.39 is 16.9 Å². The average molecular weight is 388 g/mol. The highest BCUT2D eigenvalue weighted by atomic mass is 16.6. The summed E-state index contributed by atoms with van der Waals surface area (Å²) in [6, 6.07) is 7.12. The number of carbonyl (C=O) groups excluding carboxylic acids is 2. The first kappa shape index (κ1) is 19.4. The van der Waals surface area contributed by atoms with Crippen LogP contribution in [0.1, 0.15) is 45.9 Å². The van der Waals surface area contributed by atoms with Gasteiger partial charge in [0.2, 0.25) is 5.76 Å². The first-order valence-electron chi connectivity index (χ1n) is 8.87. The largest absolute Gasteiger partial charge is 0.463 e. The van der Waals surface area contributed by atoms with Crippen molar-refractivity contribution in [1.82, 2.24) is 0 Å². The predicted octanol–water partition coefficient (Wildman–Crippen LogP) is 3.32. The van der Waals surface area contributed by atoms with Gasteiger partial charge in [0.1, 0.15) is 12.4 Å². The smallest absolute Gasteiger partial charge is 0.373 e. The van der Waals surface area contributed by atoms with Gasteiger partial charge in [0.15, 0.2) is 0 Å². The summed E-state index contributed by atoms with van der Waals surface area (Å²) >= 11 is 0. The molecule has 28 heavy (non-hydrogen) atoms. The summed E-state index contributed by atoms with van der Waals surface area (Å²) in [6.45, 7) is 1.34. The number of rotatable bonds is 6. The third-order valence-corrected chi connectivity index (χ3v) is 4.50. The number of benzene rings is 1. The number of ether oxygens (including phenoxy) is 2. The van der Waals surface area contributed by atoms with E-state index in [2.05, 4.69) is 4.74 Å². The number of nitro groups is 1. The van der Waals surface area contributed by atoms with Crippen LogP contribution >= 0.6 is 0 Å². The van der Waals surface area contributed by atoms with E-state index in [0.717, 1.165) is 32.4 Å². The maximum atomic E-state index is 12.6. The van der Waals surface area contributed by atoms with Crippen LogP contribution in [0.5, 0.6) is 0 Å². The SMILES string of the molecule is COC(=O)c1ccc(COC(=O)c2cc([N+](=O)[O-])ccc2N2CCCCC2)o1. The van der Waals surface area contributed by atoms with Gasteiger partial charge in [-0.1, -0.05) is 0 Å². The molecule has 0 unspecified atom stereocenters. The van der Waals surface area contributed by atoms with Gasteiger partial charge in [-0.15, -0.1) is 0 Å². The number of nitrogens with zero attached hydrogens (tertiary/aromatic N) is 2. The fraction of sp³-hybridized carbons (Fsp3) is 0.368. The molecule has 9 heteroatoms. The number of furan rings is 1. The third kappa shape index (κ3) is 4.30. The summed E-state index contributed by atoms with van der Waals surface area (Å²) in [6.07, 6.45) is 3.10. The molecular weight excluding hydrogens is 368 g/mol. The summed E-state index contributed by atoms with van der Waals surface area (Å²) in [5.74, 6) is -1.07. The quantitative estimate of drug-likeness (QED) is 0.421. The molecule has 2 aromatic rings. The van der Waals surface area contributed by atoms with Crippen molar-refractivity contribution in [2.24, 2.45) is 0 Å². The number of anilines is 1. The van der Waals surface area contributed by atoms with Crippen molar-refractivity contribution in [2.45, 2.75) is 25.9 Å². The predicted molar refractivity (Wildman–Crippen MR) is 98.3 cm³/mol. The highest BCUT2D eigenvalue weighted by Gasteiger charge is 2.23. The number of hydrogen-bond acceptors (Lipinski definition) is 8. The van der Waals surface area contributed by atoms with Crippen LogP contribution in [0, 0.1) is 10.1 Å². The third-order valence-electron chi connectivity index (χ3n) is 4.50. The van der Waals surface area contributed by atoms with Crippen LogP contribution in [-0.4, -0.2) is 37.1 Å². The monoisotopic (exact) mass is 388 g/mol. The van der Waals surface area contributed by atoms with Gasteiger partial charge in [0, 0.05) is 25.2 Å². The lowest BCUT2D eigenvalue weighted by Gasteiger charge is -2.30. The molecule has 2 heterocycles. The van der Waals surface area contributed by atoms with Gasteiger partial charge in [-0.3, -0.25) is 10.1 Å². The zero-order chi connectivity index (χ0) is 20.1. The molecule has 1 saturated heterocycles. The van der Waals surface area contributed by atoms with E-state index >= 15 is 0 Å². The van der Waals surface area contributed by atoms with Gasteiger partial charge >= 0.3 is 11.9 Å². The highest BCUT2D eigenvalue weighted by Crippen LogP contribution is 2.29. The average Bonchev–Trinajstić information content (AvgIpc) is 3.20. The van der Waals surface area contributed by atoms with Crippen LogP contribution in [0.4, 0.5) is 11.4 Å². The first-order valence-corrected chi connectivity index (χ1v) is 8.87. The van der Waals surface area contributed by atoms with Crippen molar-refractivity contribution in [3.05, 3.63) is 57.5 Å². The minimum Gasteiger partial charge on any atom is -0.463 e. The molecule has 0 spiro atoms. The normalized spacial score (nSPS) is 13.8. The standard InChI is InChI=1S/C19H20N2O7/c1-26-19(23)17-8-6-14(28-17)12-27-18(22)15-11-13(21(24)25)5-7-16(15)20-9-3-2-4-10-20/h5-8,11H,2-4,9-10,12H2,1H3. The summed E-state index contributed by atoms with van der Waals surface area (Å²) in [5, 5.41) is 11.1. The van der Waals surface area contributed by atoms with Gasteiger partial charge in [0.25, 0.3) is 5.69 Å². The molecule has 1 aromatic carbocycles. The Bertz CT molecular complexity index is 884. The van der Waals surface area contributed by atoms with E-state index in [9.17, 15) is 19.7 Å². The Morgan fingerprint density at radius 1 is 1.14 bits per heavy atom. The van der Waals surface area contributed by atoms with Gasteiger partial charge in [0.05, 0.1) is 23.3 Å². The fourth-order valence-electron chi connectivity index (χ4n) is 3.09. The van der Waals surface area contributed by atoms with E-state index in [1.54, 1.807) is 6.07 Å². The number of hydrogen-bond donors (Lipinski definition) is 0. The minimum atomic E-state index is -0.694. The second kappa shape index (κ2) is 8.55. The summed E-state index contributed by atoms with van der Waals surface area (Å²) in [5.41, 5.74) is 0.569. The molecule has 1 aromatic heterocycles. The minimum absolute atomic E-state index is 0.00194. The molecule has 0 N–H and O–H groups in total. The topological polar surface area (TPSA) is 112 Å². The second-order valence-electron chi connectivity index (χ2n) is 6.34. The molecule has 0 aliphatic carbocycles. The molecule has 9 nitrogen and oxygen atoms in total. The van der Waals surface area contributed by atoms with Crippen molar-refractivity contribution >= 4 is 23.3 Å². The maximum Gasteiger partial charge on any atom is 0.373 e. The molecule has 0 radical (unpaired) electrons. The van der Waals surface area contributed by atoms with E-state index in [1.807, 2.05) is 4.90 Å². The number of esters is 2. The van der Waals surface area contributed by atoms with Crippen molar-refractivity contribution in [1.29, 1.82) is 0 Å². The Morgan fingerprint density at radius 3 is 2.57 bits per heavy atom. The molecular formula is C19H20N2O7. The molecule has 0 bridgehead atoms. The zero-order valence-electron chi connectivity index (χ0n) is 15.4. The van der Waals surface area contributed by atoms with Gasteiger partial charge < -0.3 is 18.8 Å². The molecule has 1 aliphatic heterocycles. The molecule has 0 atom stereocenters. The van der Waals surface area contributed by atoms with Crippen LogP contribution in [0.3, 0.4) is 0 Å². The number of nitro benzene ring substituents is 1. The number of methoxy groups -OCH3 is 1. The Balaban J connectivity index is 1.78. The van der Waals surface area contributed by atoms with Gasteiger partial charge in [-0.25, -0.2) is 9.59 Å². The van der Waals surface area contributed by atoms with E-state index in [0.29, 0.717) is 5.69 Å². The number of non-ortho nitro benzene ring substituents is 1. The van der Waals surface area contributed by atoms with Crippen LogP contribution in [0.25, 0.3) is 0 Å². The van der Waals surface area contributed by atoms with Gasteiger partial charge in [-0.05, 0) is 37.5 Å². The second-order valence-corrected chi connectivity index (χ2v) is 6.34. The van der Waals surface area contributed by atoms with Crippen molar-refractivity contribution < 1.29 is 28.4 Å². The Morgan fingerprint density at radius 2 is 1.89 bits per heavy atom. The van der Waals surface area contributed by atoms with E-state index in [1.165, 1.54) is 31.4 Å². The molecule has 0 saturated carbocycles. The van der Waals surface area contributed by atoms with Crippen LogP contribution in [-0.2, 0) is 16.1 Å². The summed E-state index contributed by atoms with van der Waals surface area (Å²) in [7, 11) is 1.23. The number of piperidine rings is 1. The summed E-state index contributed by atoms with van der Waals surface area (Å²) < 4.78 is 15.1. The van der Waals surface area contributed by atoms with Gasteiger partial charge in [-0.2, -0.15) is 0 Å².